The van der Waals surface area contributed by atoms with Gasteiger partial charge in [0.2, 0.25) is 11.8 Å². The maximum atomic E-state index is 13.1. The normalized spacial score (nSPS) is 15.7. The van der Waals surface area contributed by atoms with E-state index in [1.807, 2.05) is 47.5 Å². The monoisotopic (exact) mass is 412 g/mol. The molecule has 1 aromatic heterocycles. The molecule has 7 heteroatoms. The first-order chi connectivity index (χ1) is 14.6. The number of benzene rings is 1. The van der Waals surface area contributed by atoms with Crippen LogP contribution in [0.2, 0.25) is 0 Å². The first-order valence-electron chi connectivity index (χ1n) is 10.6. The van der Waals surface area contributed by atoms with E-state index in [4.69, 9.17) is 4.74 Å². The topological polar surface area (TPSA) is 66.8 Å². The number of rotatable bonds is 9. The zero-order chi connectivity index (χ0) is 21.5. The predicted molar refractivity (Wildman–Crippen MR) is 116 cm³/mol. The van der Waals surface area contributed by atoms with Crippen LogP contribution in [-0.2, 0) is 16.1 Å². The molecule has 0 fully saturated rings. The van der Waals surface area contributed by atoms with Crippen LogP contribution in [0, 0.1) is 0 Å². The van der Waals surface area contributed by atoms with Crippen molar-refractivity contribution in [2.24, 2.45) is 0 Å². The maximum Gasteiger partial charge on any atom is 0.232 e. The number of nitrogens with one attached hydrogen (secondary N) is 1. The molecule has 1 N–H and O–H groups in total. The van der Waals surface area contributed by atoms with Crippen LogP contribution in [0.4, 0.5) is 0 Å². The lowest BCUT2D eigenvalue weighted by molar-refractivity contribution is -0.138. The number of hydrogen-bond donors (Lipinski definition) is 1. The highest BCUT2D eigenvalue weighted by Crippen LogP contribution is 2.34. The smallest absolute Gasteiger partial charge is 0.232 e. The molecule has 162 valence electrons. The molecule has 2 heterocycles. The molecule has 2 amide bonds. The van der Waals surface area contributed by atoms with Gasteiger partial charge in [0.25, 0.3) is 0 Å². The number of likely N-dealkylation sites (N-methyl/N-ethyl adjacent to an activating group) is 1. The van der Waals surface area contributed by atoms with Crippen molar-refractivity contribution in [3.8, 4) is 5.75 Å². The molecular formula is C23H32N4O3. The first-order valence-corrected chi connectivity index (χ1v) is 10.6. The number of amides is 2. The van der Waals surface area contributed by atoms with Crippen LogP contribution in [0.5, 0.6) is 5.75 Å². The van der Waals surface area contributed by atoms with Gasteiger partial charge in [-0.15, -0.1) is 0 Å². The first kappa shape index (κ1) is 21.9. The van der Waals surface area contributed by atoms with Gasteiger partial charge in [0.15, 0.2) is 0 Å². The van der Waals surface area contributed by atoms with Crippen molar-refractivity contribution >= 4 is 11.8 Å². The van der Waals surface area contributed by atoms with Crippen molar-refractivity contribution in [1.82, 2.24) is 19.7 Å². The van der Waals surface area contributed by atoms with Gasteiger partial charge >= 0.3 is 0 Å². The summed E-state index contributed by atoms with van der Waals surface area (Å²) in [6.07, 6.45) is 1.89. The summed E-state index contributed by atoms with van der Waals surface area (Å²) in [7, 11) is 1.63. The van der Waals surface area contributed by atoms with E-state index >= 15 is 0 Å². The van der Waals surface area contributed by atoms with E-state index in [-0.39, 0.29) is 24.3 Å². The van der Waals surface area contributed by atoms with Gasteiger partial charge < -0.3 is 24.4 Å². The van der Waals surface area contributed by atoms with Gasteiger partial charge in [0.05, 0.1) is 13.2 Å². The van der Waals surface area contributed by atoms with Crippen molar-refractivity contribution in [3.05, 3.63) is 53.9 Å². The van der Waals surface area contributed by atoms with Crippen LogP contribution in [0.1, 0.15) is 37.6 Å². The van der Waals surface area contributed by atoms with Crippen LogP contribution in [0.15, 0.2) is 42.6 Å². The number of aromatic nitrogens is 1. The van der Waals surface area contributed by atoms with Crippen LogP contribution < -0.4 is 10.1 Å². The van der Waals surface area contributed by atoms with Gasteiger partial charge in [0, 0.05) is 38.1 Å². The zero-order valence-electron chi connectivity index (χ0n) is 18.1. The Bertz CT molecular complexity index is 860. The maximum absolute atomic E-state index is 13.1. The lowest BCUT2D eigenvalue weighted by Gasteiger charge is -2.37. The Morgan fingerprint density at radius 2 is 1.97 bits per heavy atom. The number of ether oxygens (including phenoxy) is 1. The van der Waals surface area contributed by atoms with Crippen molar-refractivity contribution in [3.63, 3.8) is 0 Å². The highest BCUT2D eigenvalue weighted by Gasteiger charge is 2.33. The summed E-state index contributed by atoms with van der Waals surface area (Å²) in [6.45, 7) is 8.71. The quantitative estimate of drug-likeness (QED) is 0.642. The molecule has 1 atom stereocenters. The Kier molecular flexibility index (Phi) is 7.52. The summed E-state index contributed by atoms with van der Waals surface area (Å²) in [5.41, 5.74) is 2.02. The standard InChI is InChI=1S/C23H32N4O3/c1-4-25(5-2)13-11-24-21(28)17-22(29)27-15-14-26-12-7-10-20(26)23(27)18-8-6-9-19(16-18)30-3/h6-10,12,16,23H,4-5,11,13-15,17H2,1-3H3,(H,24,28). The molecule has 0 aliphatic carbocycles. The summed E-state index contributed by atoms with van der Waals surface area (Å²) < 4.78 is 7.54. The van der Waals surface area contributed by atoms with Crippen LogP contribution >= 0.6 is 0 Å². The summed E-state index contributed by atoms with van der Waals surface area (Å²) in [4.78, 5) is 29.5. The Morgan fingerprint density at radius 3 is 2.70 bits per heavy atom. The van der Waals surface area contributed by atoms with Crippen molar-refractivity contribution in [1.29, 1.82) is 0 Å². The summed E-state index contributed by atoms with van der Waals surface area (Å²) in [5.74, 6) is 0.367. The van der Waals surface area contributed by atoms with Crippen LogP contribution in [-0.4, -0.2) is 66.0 Å². The lowest BCUT2D eigenvalue weighted by atomic mass is 9.99. The zero-order valence-corrected chi connectivity index (χ0v) is 18.1. The van der Waals surface area contributed by atoms with Crippen molar-refractivity contribution in [2.45, 2.75) is 32.9 Å². The molecule has 1 aliphatic heterocycles. The van der Waals surface area contributed by atoms with E-state index in [1.165, 1.54) is 0 Å². The fourth-order valence-electron chi connectivity index (χ4n) is 4.01. The third-order valence-electron chi connectivity index (χ3n) is 5.72. The fourth-order valence-corrected chi connectivity index (χ4v) is 4.01. The van der Waals surface area contributed by atoms with E-state index in [1.54, 1.807) is 7.11 Å². The van der Waals surface area contributed by atoms with Gasteiger partial charge in [-0.25, -0.2) is 0 Å². The van der Waals surface area contributed by atoms with E-state index in [9.17, 15) is 9.59 Å². The Labute approximate surface area is 178 Å². The van der Waals surface area contributed by atoms with E-state index in [0.29, 0.717) is 13.1 Å². The highest BCUT2D eigenvalue weighted by molar-refractivity contribution is 5.97. The van der Waals surface area contributed by atoms with Gasteiger partial charge in [-0.05, 0) is 42.9 Å². The second kappa shape index (κ2) is 10.3. The predicted octanol–water partition coefficient (Wildman–Crippen LogP) is 2.28. The van der Waals surface area contributed by atoms with Gasteiger partial charge in [-0.2, -0.15) is 0 Å². The Hall–Kier alpha value is -2.80. The SMILES string of the molecule is CCN(CC)CCNC(=O)CC(=O)N1CCn2cccc2C1c1cccc(OC)c1. The number of methoxy groups -OCH3 is 1. The molecule has 0 saturated carbocycles. The number of nitrogens with zero attached hydrogens (tertiary/aromatic N) is 3. The summed E-state index contributed by atoms with van der Waals surface area (Å²) >= 11 is 0. The average Bonchev–Trinajstić information content (AvgIpc) is 3.25. The third kappa shape index (κ3) is 5.02. The molecular weight excluding hydrogens is 380 g/mol. The highest BCUT2D eigenvalue weighted by atomic mass is 16.5. The third-order valence-corrected chi connectivity index (χ3v) is 5.72. The van der Waals surface area contributed by atoms with Gasteiger partial charge in [-0.1, -0.05) is 26.0 Å². The molecule has 7 nitrogen and oxygen atoms in total. The minimum absolute atomic E-state index is 0.139. The molecule has 2 aromatic rings. The molecule has 3 rings (SSSR count). The molecule has 0 radical (unpaired) electrons. The molecule has 0 spiro atoms. The largest absolute Gasteiger partial charge is 0.497 e. The number of fused-ring (bicyclic) bond motifs is 1. The summed E-state index contributed by atoms with van der Waals surface area (Å²) in [5, 5.41) is 2.89. The van der Waals surface area contributed by atoms with E-state index in [0.717, 1.165) is 43.2 Å². The minimum atomic E-state index is -0.236. The van der Waals surface area contributed by atoms with Gasteiger partial charge in [-0.3, -0.25) is 9.59 Å². The molecule has 1 unspecified atom stereocenters. The number of carbonyl (C=O) groups is 2. The van der Waals surface area contributed by atoms with E-state index in [2.05, 4.69) is 28.6 Å². The van der Waals surface area contributed by atoms with Crippen molar-refractivity contribution < 1.29 is 14.3 Å². The fraction of sp³-hybridized carbons (Fsp3) is 0.478. The second-order valence-corrected chi connectivity index (χ2v) is 7.45. The average molecular weight is 413 g/mol. The van der Waals surface area contributed by atoms with Gasteiger partial charge in [0.1, 0.15) is 12.2 Å². The molecule has 1 aliphatic rings. The minimum Gasteiger partial charge on any atom is -0.497 e. The Balaban J connectivity index is 1.71. The molecule has 30 heavy (non-hydrogen) atoms. The molecule has 0 saturated heterocycles. The number of carbonyl (C=O) groups excluding carboxylic acids is 2. The van der Waals surface area contributed by atoms with Crippen molar-refractivity contribution in [2.75, 3.05) is 39.8 Å². The second-order valence-electron chi connectivity index (χ2n) is 7.45. The number of hydrogen-bond acceptors (Lipinski definition) is 4. The van der Waals surface area contributed by atoms with E-state index < -0.39 is 0 Å². The molecule has 1 aromatic carbocycles. The molecule has 0 bridgehead atoms. The van der Waals surface area contributed by atoms with Crippen LogP contribution in [0.25, 0.3) is 0 Å². The van der Waals surface area contributed by atoms with Crippen LogP contribution in [0.3, 0.4) is 0 Å². The summed E-state index contributed by atoms with van der Waals surface area (Å²) in [6, 6.07) is 11.6. The Morgan fingerprint density at radius 1 is 1.17 bits per heavy atom. The lowest BCUT2D eigenvalue weighted by Crippen LogP contribution is -2.44.